The summed E-state index contributed by atoms with van der Waals surface area (Å²) in [5, 5.41) is 6.56. The van der Waals surface area contributed by atoms with E-state index in [1.54, 1.807) is 42.7 Å². The zero-order chi connectivity index (χ0) is 21.7. The van der Waals surface area contributed by atoms with Crippen LogP contribution in [0.1, 0.15) is 12.8 Å². The predicted molar refractivity (Wildman–Crippen MR) is 116 cm³/mol. The molecule has 0 aromatic heterocycles. The lowest BCUT2D eigenvalue weighted by atomic mass is 10.4. The van der Waals surface area contributed by atoms with E-state index < -0.39 is 17.6 Å². The number of rotatable bonds is 18. The minimum absolute atomic E-state index is 0.644. The number of nitrogens with one attached hydrogen (secondary N) is 2. The molecule has 0 spiro atoms. The van der Waals surface area contributed by atoms with Crippen LogP contribution in [0.15, 0.2) is 0 Å². The first-order chi connectivity index (χ1) is 13.5. The van der Waals surface area contributed by atoms with E-state index in [9.17, 15) is 0 Å². The minimum Gasteiger partial charge on any atom is -0.377 e. The van der Waals surface area contributed by atoms with Crippen molar-refractivity contribution in [1.29, 1.82) is 0 Å². The van der Waals surface area contributed by atoms with Crippen molar-refractivity contribution in [3.05, 3.63) is 0 Å². The fourth-order valence-electron chi connectivity index (χ4n) is 2.39. The molecule has 0 aliphatic carbocycles. The second-order valence-corrected chi connectivity index (χ2v) is 12.1. The first-order valence-corrected chi connectivity index (χ1v) is 13.5. The first kappa shape index (κ1) is 30.2. The van der Waals surface area contributed by atoms with Gasteiger partial charge in [-0.05, 0) is 25.9 Å². The summed E-state index contributed by atoms with van der Waals surface area (Å²) in [6.07, 6.45) is 1.86. The van der Waals surface area contributed by atoms with Crippen LogP contribution < -0.4 is 22.1 Å². The van der Waals surface area contributed by atoms with Crippen molar-refractivity contribution in [2.24, 2.45) is 11.5 Å². The van der Waals surface area contributed by atoms with Crippen molar-refractivity contribution in [2.75, 3.05) is 81.9 Å². The molecule has 28 heavy (non-hydrogen) atoms. The van der Waals surface area contributed by atoms with E-state index in [-0.39, 0.29) is 0 Å². The van der Waals surface area contributed by atoms with Gasteiger partial charge in [0.2, 0.25) is 0 Å². The van der Waals surface area contributed by atoms with Crippen LogP contribution in [0.5, 0.6) is 0 Å². The smallest absolute Gasteiger partial charge is 0.377 e. The zero-order valence-corrected chi connectivity index (χ0v) is 20.7. The van der Waals surface area contributed by atoms with Gasteiger partial charge in [-0.25, -0.2) is 0 Å². The van der Waals surface area contributed by atoms with Crippen molar-refractivity contribution in [3.63, 3.8) is 0 Å². The van der Waals surface area contributed by atoms with E-state index in [0.29, 0.717) is 13.1 Å². The third-order valence-corrected chi connectivity index (χ3v) is 9.85. The molecule has 0 aromatic rings. The Morgan fingerprint density at radius 2 is 0.929 bits per heavy atom. The molecule has 0 unspecified atom stereocenters. The van der Waals surface area contributed by atoms with E-state index in [1.165, 1.54) is 0 Å². The summed E-state index contributed by atoms with van der Waals surface area (Å²) in [5.41, 5.74) is 10.7. The average molecular weight is 445 g/mol. The molecule has 12 heteroatoms. The molecule has 0 aliphatic rings. The molecule has 0 saturated carbocycles. The summed E-state index contributed by atoms with van der Waals surface area (Å²) in [5.74, 6) is 0. The number of hydrogen-bond acceptors (Lipinski definition) is 10. The normalized spacial score (nSPS) is 12.0. The van der Waals surface area contributed by atoms with Crippen LogP contribution in [-0.4, -0.2) is 99.5 Å². The Morgan fingerprint density at radius 3 is 1.29 bits per heavy atom. The van der Waals surface area contributed by atoms with Gasteiger partial charge in [-0.1, -0.05) is 0 Å². The standard InChI is InChI=1S/C10H27N3O3Si.C6H17NO3Si/c1-14-17(15-2,16-3)10-4-6-12-8-9-13-7-5-11;1-8-11(9-2,10-3)6-4-5-7/h12-13H,4-11H2,1-3H3;4-7H2,1-3H3. The van der Waals surface area contributed by atoms with Crippen LogP contribution in [0.2, 0.25) is 12.1 Å². The maximum absolute atomic E-state index is 5.36. The fraction of sp³-hybridized carbons (Fsp3) is 1.00. The molecule has 0 bridgehead atoms. The van der Waals surface area contributed by atoms with Crippen LogP contribution in [0.25, 0.3) is 0 Å². The fourth-order valence-corrected chi connectivity index (χ4v) is 5.86. The van der Waals surface area contributed by atoms with E-state index in [2.05, 4.69) is 10.6 Å². The Morgan fingerprint density at radius 1 is 0.536 bits per heavy atom. The second kappa shape index (κ2) is 20.3. The molecule has 0 atom stereocenters. The summed E-state index contributed by atoms with van der Waals surface area (Å²) >= 11 is 0. The quantitative estimate of drug-likeness (QED) is 0.164. The van der Waals surface area contributed by atoms with Crippen LogP contribution in [0, 0.1) is 0 Å². The lowest BCUT2D eigenvalue weighted by molar-refractivity contribution is 0.122. The zero-order valence-electron chi connectivity index (χ0n) is 18.7. The van der Waals surface area contributed by atoms with Gasteiger partial charge in [-0.2, -0.15) is 0 Å². The van der Waals surface area contributed by atoms with Gasteiger partial charge in [0.05, 0.1) is 0 Å². The van der Waals surface area contributed by atoms with Crippen LogP contribution in [0.3, 0.4) is 0 Å². The highest BCUT2D eigenvalue weighted by molar-refractivity contribution is 6.60. The van der Waals surface area contributed by atoms with E-state index >= 15 is 0 Å². The molecule has 0 rings (SSSR count). The number of hydrogen-bond donors (Lipinski definition) is 4. The highest BCUT2D eigenvalue weighted by Crippen LogP contribution is 2.14. The summed E-state index contributed by atoms with van der Waals surface area (Å²) < 4.78 is 31.5. The van der Waals surface area contributed by atoms with E-state index in [4.69, 9.17) is 38.0 Å². The topological polar surface area (TPSA) is 131 Å². The Kier molecular flexibility index (Phi) is 21.9. The Labute approximate surface area is 173 Å². The molecule has 0 heterocycles. The van der Waals surface area contributed by atoms with E-state index in [1.807, 2.05) is 0 Å². The molecule has 10 nitrogen and oxygen atoms in total. The molecule has 6 N–H and O–H groups in total. The lowest BCUT2D eigenvalue weighted by Gasteiger charge is -2.24. The molecule has 172 valence electrons. The molecule has 0 aromatic carbocycles. The highest BCUT2D eigenvalue weighted by Gasteiger charge is 2.37. The van der Waals surface area contributed by atoms with E-state index in [0.717, 1.165) is 51.1 Å². The maximum Gasteiger partial charge on any atom is 0.500 e. The van der Waals surface area contributed by atoms with Crippen molar-refractivity contribution < 1.29 is 26.6 Å². The highest BCUT2D eigenvalue weighted by atomic mass is 28.4. The predicted octanol–water partition coefficient (Wildman–Crippen LogP) is -0.394. The average Bonchev–Trinajstić information content (AvgIpc) is 2.75. The van der Waals surface area contributed by atoms with Gasteiger partial charge in [-0.3, -0.25) is 0 Å². The summed E-state index contributed by atoms with van der Waals surface area (Å²) in [7, 11) is 5.06. The molecule has 0 aliphatic heterocycles. The summed E-state index contributed by atoms with van der Waals surface area (Å²) in [6, 6.07) is 1.62. The SMILES string of the molecule is CO[Si](CCCN)(OC)OC.CO[Si](CCCNCCNCCN)(OC)OC. The van der Waals surface area contributed by atoms with Crippen LogP contribution in [0.4, 0.5) is 0 Å². The van der Waals surface area contributed by atoms with Gasteiger partial charge in [0, 0.05) is 80.9 Å². The largest absolute Gasteiger partial charge is 0.500 e. The molecule has 0 radical (unpaired) electrons. The lowest BCUT2D eigenvalue weighted by Crippen LogP contribution is -2.43. The minimum atomic E-state index is -2.37. The van der Waals surface area contributed by atoms with Gasteiger partial charge in [0.25, 0.3) is 0 Å². The Hall–Kier alpha value is 0.0338. The molecule has 0 amide bonds. The Balaban J connectivity index is 0. The maximum atomic E-state index is 5.36. The van der Waals surface area contributed by atoms with Gasteiger partial charge in [0.1, 0.15) is 0 Å². The Bertz CT molecular complexity index is 311. The summed E-state index contributed by atoms with van der Waals surface area (Å²) in [6.45, 7) is 5.03. The van der Waals surface area contributed by atoms with Gasteiger partial charge in [0.15, 0.2) is 0 Å². The molecular weight excluding hydrogens is 400 g/mol. The monoisotopic (exact) mass is 444 g/mol. The van der Waals surface area contributed by atoms with Crippen molar-refractivity contribution >= 4 is 17.6 Å². The first-order valence-electron chi connectivity index (χ1n) is 9.61. The van der Waals surface area contributed by atoms with Gasteiger partial charge < -0.3 is 48.7 Å². The van der Waals surface area contributed by atoms with Crippen molar-refractivity contribution in [1.82, 2.24) is 10.6 Å². The third-order valence-electron chi connectivity index (χ3n) is 4.19. The molecule has 0 fully saturated rings. The molecule has 0 saturated heterocycles. The van der Waals surface area contributed by atoms with Gasteiger partial charge >= 0.3 is 17.6 Å². The van der Waals surface area contributed by atoms with Crippen LogP contribution >= 0.6 is 0 Å². The molecular formula is C16H44N4O6Si2. The number of nitrogens with two attached hydrogens (primary N) is 2. The third kappa shape index (κ3) is 14.1. The second-order valence-electron chi connectivity index (χ2n) is 5.88. The van der Waals surface area contributed by atoms with Crippen LogP contribution in [-0.2, 0) is 26.6 Å². The van der Waals surface area contributed by atoms with Crippen molar-refractivity contribution in [3.8, 4) is 0 Å². The van der Waals surface area contributed by atoms with Gasteiger partial charge in [-0.15, -0.1) is 0 Å². The van der Waals surface area contributed by atoms with Crippen molar-refractivity contribution in [2.45, 2.75) is 24.9 Å². The summed E-state index contributed by atoms with van der Waals surface area (Å²) in [4.78, 5) is 0.